The highest BCUT2D eigenvalue weighted by Crippen LogP contribution is 2.07. The van der Waals surface area contributed by atoms with E-state index in [1.54, 1.807) is 0 Å². The Morgan fingerprint density at radius 2 is 2.29 bits per heavy atom. The fraction of sp³-hybridized carbons (Fsp3) is 0.125. The molecule has 0 aliphatic rings. The Bertz CT molecular complexity index is 525. The van der Waals surface area contributed by atoms with Crippen LogP contribution in [0, 0.1) is 0 Å². The Hall–Kier alpha value is -2.22. The number of ether oxygens (including phenoxy) is 1. The van der Waals surface area contributed by atoms with Gasteiger partial charge in [-0.15, -0.1) is 5.10 Å². The van der Waals surface area contributed by atoms with Crippen LogP contribution in [0.15, 0.2) is 12.4 Å². The van der Waals surface area contributed by atoms with Crippen molar-refractivity contribution in [2.75, 3.05) is 12.4 Å². The molecule has 2 aromatic rings. The number of anilines is 1. The van der Waals surface area contributed by atoms with Crippen LogP contribution in [0.3, 0.4) is 0 Å². The van der Waals surface area contributed by atoms with E-state index in [9.17, 15) is 4.79 Å². The molecule has 0 saturated carbocycles. The molecule has 1 amide bonds. The maximum atomic E-state index is 11.6. The molecule has 0 aliphatic heterocycles. The summed E-state index contributed by atoms with van der Waals surface area (Å²) in [6.07, 6.45) is 2.53. The zero-order valence-electron chi connectivity index (χ0n) is 8.64. The second-order valence-corrected chi connectivity index (χ2v) is 3.24. The Morgan fingerprint density at radius 1 is 1.47 bits per heavy atom. The van der Waals surface area contributed by atoms with Gasteiger partial charge in [0.25, 0.3) is 5.91 Å². The van der Waals surface area contributed by atoms with Gasteiger partial charge in [-0.05, 0) is 0 Å². The van der Waals surface area contributed by atoms with Crippen molar-refractivity contribution in [3.8, 4) is 6.01 Å². The van der Waals surface area contributed by atoms with Crippen molar-refractivity contribution in [3.63, 3.8) is 0 Å². The maximum absolute atomic E-state index is 11.6. The number of carbonyl (C=O) groups is 1. The minimum absolute atomic E-state index is 0.116. The van der Waals surface area contributed by atoms with Gasteiger partial charge >= 0.3 is 6.01 Å². The molecular formula is C8H7ClN6O2. The quantitative estimate of drug-likeness (QED) is 0.827. The van der Waals surface area contributed by atoms with Crippen LogP contribution in [0.5, 0.6) is 6.01 Å². The molecule has 2 aromatic heterocycles. The van der Waals surface area contributed by atoms with Gasteiger partial charge in [0.2, 0.25) is 5.95 Å². The molecule has 88 valence electrons. The molecule has 0 atom stereocenters. The van der Waals surface area contributed by atoms with Crippen molar-refractivity contribution in [1.29, 1.82) is 0 Å². The van der Waals surface area contributed by atoms with Gasteiger partial charge in [-0.2, -0.15) is 4.98 Å². The van der Waals surface area contributed by atoms with E-state index >= 15 is 0 Å². The molecular weight excluding hydrogens is 248 g/mol. The zero-order valence-corrected chi connectivity index (χ0v) is 9.39. The summed E-state index contributed by atoms with van der Waals surface area (Å²) in [7, 11) is 1.42. The minimum Gasteiger partial charge on any atom is -0.466 e. The van der Waals surface area contributed by atoms with Crippen molar-refractivity contribution in [2.45, 2.75) is 0 Å². The first-order valence-electron chi connectivity index (χ1n) is 4.44. The Kier molecular flexibility index (Phi) is 3.15. The average Bonchev–Trinajstić information content (AvgIpc) is 2.77. The lowest BCUT2D eigenvalue weighted by Crippen LogP contribution is -2.14. The highest BCUT2D eigenvalue weighted by Gasteiger charge is 2.11. The lowest BCUT2D eigenvalue weighted by Gasteiger charge is -1.99. The number of hydrogen-bond donors (Lipinski definition) is 2. The topological polar surface area (TPSA) is 106 Å². The van der Waals surface area contributed by atoms with Crippen LogP contribution in [0.25, 0.3) is 0 Å². The Morgan fingerprint density at radius 3 is 2.88 bits per heavy atom. The van der Waals surface area contributed by atoms with E-state index in [1.165, 1.54) is 19.5 Å². The molecule has 2 N–H and O–H groups in total. The number of methoxy groups -OCH3 is 1. The van der Waals surface area contributed by atoms with E-state index in [4.69, 9.17) is 16.3 Å². The molecule has 0 radical (unpaired) electrons. The summed E-state index contributed by atoms with van der Waals surface area (Å²) in [5.74, 6) is -0.323. The SMILES string of the molecule is COc1n[nH]c(NC(=O)c2cnc(Cl)cn2)n1. The lowest BCUT2D eigenvalue weighted by molar-refractivity contribution is 0.102. The fourth-order valence-corrected chi connectivity index (χ4v) is 1.09. The van der Waals surface area contributed by atoms with Gasteiger partial charge in [0.15, 0.2) is 0 Å². The minimum atomic E-state index is -0.479. The van der Waals surface area contributed by atoms with Gasteiger partial charge in [0, 0.05) is 0 Å². The van der Waals surface area contributed by atoms with Gasteiger partial charge in [0.1, 0.15) is 10.8 Å². The third-order valence-corrected chi connectivity index (χ3v) is 1.93. The number of rotatable bonds is 3. The highest BCUT2D eigenvalue weighted by molar-refractivity contribution is 6.29. The van der Waals surface area contributed by atoms with Crippen LogP contribution < -0.4 is 10.1 Å². The standard InChI is InChI=1S/C8H7ClN6O2/c1-17-8-13-7(14-15-8)12-6(16)4-2-11-5(9)3-10-4/h2-3H,1H3,(H2,12,13,14,15,16). The third-order valence-electron chi connectivity index (χ3n) is 1.73. The first-order valence-corrected chi connectivity index (χ1v) is 4.82. The summed E-state index contributed by atoms with van der Waals surface area (Å²) in [5, 5.41) is 8.79. The molecule has 2 heterocycles. The average molecular weight is 255 g/mol. The summed E-state index contributed by atoms with van der Waals surface area (Å²) in [6.45, 7) is 0. The van der Waals surface area contributed by atoms with Gasteiger partial charge < -0.3 is 4.74 Å². The van der Waals surface area contributed by atoms with E-state index in [0.29, 0.717) is 0 Å². The smallest absolute Gasteiger partial charge is 0.336 e. The number of halogens is 1. The second kappa shape index (κ2) is 4.74. The summed E-state index contributed by atoms with van der Waals surface area (Å²) in [4.78, 5) is 23.0. The fourth-order valence-electron chi connectivity index (χ4n) is 0.995. The molecule has 0 saturated heterocycles. The molecule has 17 heavy (non-hydrogen) atoms. The zero-order chi connectivity index (χ0) is 12.3. The van der Waals surface area contributed by atoms with Crippen molar-refractivity contribution in [1.82, 2.24) is 25.1 Å². The highest BCUT2D eigenvalue weighted by atomic mass is 35.5. The number of H-pyrrole nitrogens is 1. The van der Waals surface area contributed by atoms with Crippen LogP contribution in [0.2, 0.25) is 5.15 Å². The van der Waals surface area contributed by atoms with Crippen LogP contribution in [-0.4, -0.2) is 38.2 Å². The molecule has 0 fully saturated rings. The monoisotopic (exact) mass is 254 g/mol. The predicted octanol–water partition coefficient (Wildman–Crippen LogP) is 0.509. The first-order chi connectivity index (χ1) is 8.19. The Balaban J connectivity index is 2.08. The first kappa shape index (κ1) is 11.3. The van der Waals surface area contributed by atoms with Crippen molar-refractivity contribution < 1.29 is 9.53 Å². The lowest BCUT2D eigenvalue weighted by atomic mass is 10.4. The molecule has 0 aliphatic carbocycles. The molecule has 0 bridgehead atoms. The molecule has 0 unspecified atom stereocenters. The number of aromatic amines is 1. The molecule has 8 nitrogen and oxygen atoms in total. The number of amides is 1. The summed E-state index contributed by atoms with van der Waals surface area (Å²) in [5.41, 5.74) is 0.116. The number of nitrogens with zero attached hydrogens (tertiary/aromatic N) is 4. The van der Waals surface area contributed by atoms with E-state index in [2.05, 4.69) is 30.5 Å². The number of nitrogens with one attached hydrogen (secondary N) is 2. The molecule has 2 rings (SSSR count). The predicted molar refractivity (Wildman–Crippen MR) is 57.9 cm³/mol. The van der Waals surface area contributed by atoms with Crippen LogP contribution in [0.4, 0.5) is 5.95 Å². The van der Waals surface area contributed by atoms with E-state index < -0.39 is 5.91 Å². The van der Waals surface area contributed by atoms with Crippen LogP contribution >= 0.6 is 11.6 Å². The van der Waals surface area contributed by atoms with E-state index in [0.717, 1.165) is 0 Å². The van der Waals surface area contributed by atoms with Gasteiger partial charge in [-0.1, -0.05) is 11.6 Å². The largest absolute Gasteiger partial charge is 0.466 e. The number of aromatic nitrogens is 5. The molecule has 0 aromatic carbocycles. The summed E-state index contributed by atoms with van der Waals surface area (Å²) in [6, 6.07) is 0.127. The molecule has 9 heteroatoms. The maximum Gasteiger partial charge on any atom is 0.336 e. The van der Waals surface area contributed by atoms with Gasteiger partial charge in [0.05, 0.1) is 19.5 Å². The van der Waals surface area contributed by atoms with Crippen molar-refractivity contribution >= 4 is 23.5 Å². The van der Waals surface area contributed by atoms with Gasteiger partial charge in [-0.3, -0.25) is 10.1 Å². The summed E-state index contributed by atoms with van der Waals surface area (Å²) >= 11 is 5.55. The second-order valence-electron chi connectivity index (χ2n) is 2.85. The number of carbonyl (C=O) groups excluding carboxylic acids is 1. The third kappa shape index (κ3) is 2.67. The van der Waals surface area contributed by atoms with Crippen LogP contribution in [-0.2, 0) is 0 Å². The van der Waals surface area contributed by atoms with Crippen LogP contribution in [0.1, 0.15) is 10.5 Å². The Labute approximate surface area is 100 Å². The van der Waals surface area contributed by atoms with E-state index in [1.807, 2.05) is 0 Å². The van der Waals surface area contributed by atoms with Gasteiger partial charge in [-0.25, -0.2) is 15.1 Å². The summed E-state index contributed by atoms with van der Waals surface area (Å²) < 4.78 is 4.75. The van der Waals surface area contributed by atoms with Crippen molar-refractivity contribution in [2.24, 2.45) is 0 Å². The normalized spacial score (nSPS) is 10.0. The van der Waals surface area contributed by atoms with Crippen molar-refractivity contribution in [3.05, 3.63) is 23.2 Å². The number of hydrogen-bond acceptors (Lipinski definition) is 6. The van der Waals surface area contributed by atoms with E-state index in [-0.39, 0.29) is 22.8 Å². The molecule has 0 spiro atoms.